The van der Waals surface area contributed by atoms with E-state index in [1.54, 1.807) is 0 Å². The van der Waals surface area contributed by atoms with Crippen molar-refractivity contribution in [3.63, 3.8) is 0 Å². The van der Waals surface area contributed by atoms with Gasteiger partial charge in [-0.1, -0.05) is 0 Å². The molecule has 10 heavy (non-hydrogen) atoms. The molecule has 3 N–H and O–H groups in total. The molecule has 0 bridgehead atoms. The maximum Gasteiger partial charge on any atom is 0.105 e. The summed E-state index contributed by atoms with van der Waals surface area (Å²) in [5, 5.41) is 18.6. The van der Waals surface area contributed by atoms with Gasteiger partial charge in [0, 0.05) is 19.7 Å². The molecule has 2 atom stereocenters. The lowest BCUT2D eigenvalue weighted by Gasteiger charge is -1.99. The highest BCUT2D eigenvalue weighted by Crippen LogP contribution is 2.05. The van der Waals surface area contributed by atoms with E-state index < -0.39 is 0 Å². The SMILES string of the molecule is CO.OC1CNC(CF)C1. The third-order valence-electron chi connectivity index (χ3n) is 1.39. The maximum absolute atomic E-state index is 11.7. The van der Waals surface area contributed by atoms with Crippen LogP contribution in [0.3, 0.4) is 0 Å². The number of hydrogen-bond donors (Lipinski definition) is 3. The molecule has 0 saturated carbocycles. The van der Waals surface area contributed by atoms with Gasteiger partial charge in [0.1, 0.15) is 6.67 Å². The Morgan fingerprint density at radius 1 is 1.60 bits per heavy atom. The molecule has 1 aliphatic rings. The molecule has 1 saturated heterocycles. The molecular weight excluding hydrogens is 137 g/mol. The second kappa shape index (κ2) is 5.58. The number of aliphatic hydroxyl groups excluding tert-OH is 2. The standard InChI is InChI=1S/C5H10FNO.CH4O/c6-2-4-1-5(8)3-7-4;1-2/h4-5,7-8H,1-3H2;2H,1H3. The Kier molecular flexibility index (Phi) is 5.48. The van der Waals surface area contributed by atoms with Crippen molar-refractivity contribution in [3.05, 3.63) is 0 Å². The van der Waals surface area contributed by atoms with Crippen LogP contribution in [0.4, 0.5) is 4.39 Å². The fourth-order valence-electron chi connectivity index (χ4n) is 0.915. The molecule has 2 unspecified atom stereocenters. The van der Waals surface area contributed by atoms with Crippen LogP contribution >= 0.6 is 0 Å². The van der Waals surface area contributed by atoms with E-state index in [2.05, 4.69) is 5.32 Å². The van der Waals surface area contributed by atoms with Gasteiger partial charge < -0.3 is 15.5 Å². The van der Waals surface area contributed by atoms with Crippen LogP contribution in [-0.2, 0) is 0 Å². The molecule has 0 aromatic rings. The molecule has 1 fully saturated rings. The highest BCUT2D eigenvalue weighted by atomic mass is 19.1. The topological polar surface area (TPSA) is 52.5 Å². The summed E-state index contributed by atoms with van der Waals surface area (Å²) in [5.74, 6) is 0. The minimum atomic E-state index is -0.364. The van der Waals surface area contributed by atoms with Crippen LogP contribution in [0.1, 0.15) is 6.42 Å². The van der Waals surface area contributed by atoms with E-state index in [1.165, 1.54) is 0 Å². The summed E-state index contributed by atoms with van der Waals surface area (Å²) < 4.78 is 11.7. The fraction of sp³-hybridized carbons (Fsp3) is 1.00. The summed E-state index contributed by atoms with van der Waals surface area (Å²) in [7, 11) is 1.00. The number of hydrogen-bond acceptors (Lipinski definition) is 3. The van der Waals surface area contributed by atoms with Crippen molar-refractivity contribution < 1.29 is 14.6 Å². The second-order valence-electron chi connectivity index (χ2n) is 2.15. The first-order valence-corrected chi connectivity index (χ1v) is 3.25. The normalized spacial score (nSPS) is 31.2. The average Bonchev–Trinajstić information content (AvgIpc) is 2.40. The number of alkyl halides is 1. The van der Waals surface area contributed by atoms with Crippen molar-refractivity contribution in [3.8, 4) is 0 Å². The predicted molar refractivity (Wildman–Crippen MR) is 36.5 cm³/mol. The average molecular weight is 151 g/mol. The Morgan fingerprint density at radius 3 is 2.40 bits per heavy atom. The molecule has 3 nitrogen and oxygen atoms in total. The molecule has 4 heteroatoms. The molecule has 0 aromatic heterocycles. The molecule has 62 valence electrons. The van der Waals surface area contributed by atoms with Crippen molar-refractivity contribution >= 4 is 0 Å². The molecule has 0 aromatic carbocycles. The van der Waals surface area contributed by atoms with Gasteiger partial charge in [-0.3, -0.25) is 0 Å². The first kappa shape index (κ1) is 9.81. The van der Waals surface area contributed by atoms with Crippen molar-refractivity contribution in [1.29, 1.82) is 0 Å². The van der Waals surface area contributed by atoms with Crippen molar-refractivity contribution in [2.75, 3.05) is 20.3 Å². The highest BCUT2D eigenvalue weighted by Gasteiger charge is 2.20. The van der Waals surface area contributed by atoms with Gasteiger partial charge in [0.2, 0.25) is 0 Å². The lowest BCUT2D eigenvalue weighted by molar-refractivity contribution is 0.191. The zero-order valence-electron chi connectivity index (χ0n) is 6.05. The van der Waals surface area contributed by atoms with Gasteiger partial charge in [0.25, 0.3) is 0 Å². The van der Waals surface area contributed by atoms with E-state index in [4.69, 9.17) is 10.2 Å². The zero-order chi connectivity index (χ0) is 7.98. The molecule has 0 spiro atoms. The van der Waals surface area contributed by atoms with Crippen molar-refractivity contribution in [2.24, 2.45) is 0 Å². The predicted octanol–water partition coefficient (Wildman–Crippen LogP) is -0.713. The summed E-state index contributed by atoms with van der Waals surface area (Å²) >= 11 is 0. The Bertz CT molecular complexity index is 82.1. The van der Waals surface area contributed by atoms with Crippen LogP contribution in [0, 0.1) is 0 Å². The second-order valence-corrected chi connectivity index (χ2v) is 2.15. The van der Waals surface area contributed by atoms with Crippen molar-refractivity contribution in [2.45, 2.75) is 18.6 Å². The fourth-order valence-corrected chi connectivity index (χ4v) is 0.915. The summed E-state index contributed by atoms with van der Waals surface area (Å²) in [6.45, 7) is 0.186. The Hall–Kier alpha value is -0.190. The molecular formula is C6H14FNO2. The first-order chi connectivity index (χ1) is 4.83. The molecule has 1 rings (SSSR count). The number of halogens is 1. The van der Waals surface area contributed by atoms with E-state index in [-0.39, 0.29) is 18.8 Å². The zero-order valence-corrected chi connectivity index (χ0v) is 6.05. The van der Waals surface area contributed by atoms with Gasteiger partial charge in [0.15, 0.2) is 0 Å². The van der Waals surface area contributed by atoms with E-state index in [0.717, 1.165) is 7.11 Å². The van der Waals surface area contributed by atoms with Gasteiger partial charge in [-0.2, -0.15) is 0 Å². The van der Waals surface area contributed by atoms with Crippen molar-refractivity contribution in [1.82, 2.24) is 5.32 Å². The quantitative estimate of drug-likeness (QED) is 0.464. The number of aliphatic hydroxyl groups is 2. The molecule has 1 heterocycles. The van der Waals surface area contributed by atoms with Gasteiger partial charge in [-0.15, -0.1) is 0 Å². The minimum absolute atomic E-state index is 0.0926. The third kappa shape index (κ3) is 3.10. The van der Waals surface area contributed by atoms with Gasteiger partial charge >= 0.3 is 0 Å². The van der Waals surface area contributed by atoms with Crippen LogP contribution in [0.25, 0.3) is 0 Å². The van der Waals surface area contributed by atoms with E-state index in [1.807, 2.05) is 0 Å². The molecule has 0 aliphatic carbocycles. The summed E-state index contributed by atoms with van der Waals surface area (Å²) in [4.78, 5) is 0. The Balaban J connectivity index is 0.000000371. The van der Waals surface area contributed by atoms with Crippen LogP contribution in [0.15, 0.2) is 0 Å². The molecule has 0 radical (unpaired) electrons. The lowest BCUT2D eigenvalue weighted by atomic mass is 10.2. The van der Waals surface area contributed by atoms with Crippen LogP contribution < -0.4 is 5.32 Å². The van der Waals surface area contributed by atoms with Crippen LogP contribution in [0.5, 0.6) is 0 Å². The minimum Gasteiger partial charge on any atom is -0.400 e. The lowest BCUT2D eigenvalue weighted by Crippen LogP contribution is -2.22. The van der Waals surface area contributed by atoms with Crippen LogP contribution in [-0.4, -0.2) is 42.7 Å². The summed E-state index contributed by atoms with van der Waals surface area (Å²) in [6.07, 6.45) is 0.243. The number of nitrogens with one attached hydrogen (secondary N) is 1. The smallest absolute Gasteiger partial charge is 0.105 e. The molecule has 0 amide bonds. The monoisotopic (exact) mass is 151 g/mol. The summed E-state index contributed by atoms with van der Waals surface area (Å²) in [5.41, 5.74) is 0. The van der Waals surface area contributed by atoms with Crippen LogP contribution in [0.2, 0.25) is 0 Å². The Labute approximate surface area is 59.9 Å². The van der Waals surface area contributed by atoms with Gasteiger partial charge in [-0.05, 0) is 6.42 Å². The molecule has 1 aliphatic heterocycles. The van der Waals surface area contributed by atoms with E-state index in [9.17, 15) is 4.39 Å². The van der Waals surface area contributed by atoms with E-state index >= 15 is 0 Å². The third-order valence-corrected chi connectivity index (χ3v) is 1.39. The maximum atomic E-state index is 11.7. The first-order valence-electron chi connectivity index (χ1n) is 3.25. The van der Waals surface area contributed by atoms with E-state index in [0.29, 0.717) is 13.0 Å². The van der Waals surface area contributed by atoms with Gasteiger partial charge in [-0.25, -0.2) is 4.39 Å². The summed E-state index contributed by atoms with van der Waals surface area (Å²) in [6, 6.07) is -0.0926. The number of β-amino-alcohol motifs (C(OH)–C–C–N with tert-alkyl or cyclic N) is 1. The number of rotatable bonds is 1. The largest absolute Gasteiger partial charge is 0.400 e. The van der Waals surface area contributed by atoms with Gasteiger partial charge in [0.05, 0.1) is 6.10 Å². The Morgan fingerprint density at radius 2 is 2.20 bits per heavy atom. The highest BCUT2D eigenvalue weighted by molar-refractivity contribution is 4.79.